The lowest BCUT2D eigenvalue weighted by Crippen LogP contribution is -2.15. The van der Waals surface area contributed by atoms with E-state index >= 15 is 0 Å². The lowest BCUT2D eigenvalue weighted by molar-refractivity contribution is 0.516. The molecule has 6 rings (SSSR count). The third-order valence-corrected chi connectivity index (χ3v) is 7.56. The van der Waals surface area contributed by atoms with Gasteiger partial charge in [0.15, 0.2) is 0 Å². The topological polar surface area (TPSA) is 33.4 Å². The first-order valence-corrected chi connectivity index (χ1v) is 14.3. The van der Waals surface area contributed by atoms with Crippen molar-refractivity contribution >= 4 is 28.7 Å². The Morgan fingerprint density at radius 2 is 1.50 bits per heavy atom. The van der Waals surface area contributed by atoms with Crippen LogP contribution in [0.5, 0.6) is 0 Å². The molecule has 1 aromatic heterocycles. The molecule has 0 amide bonds. The Kier molecular flexibility index (Phi) is 7.98. The molecule has 6 aromatic rings. The van der Waals surface area contributed by atoms with Crippen molar-refractivity contribution in [3.05, 3.63) is 151 Å². The smallest absolute Gasteiger partial charge is 0.0954 e. The number of rotatable bonds is 9. The van der Waals surface area contributed by atoms with E-state index in [1.165, 1.54) is 27.5 Å². The fraction of sp³-hybridized carbons (Fsp3) is 0.0811. The highest BCUT2D eigenvalue weighted by molar-refractivity contribution is 6.30. The van der Waals surface area contributed by atoms with Crippen LogP contribution in [0.1, 0.15) is 11.1 Å². The van der Waals surface area contributed by atoms with Crippen molar-refractivity contribution in [3.8, 4) is 33.5 Å². The minimum atomic E-state index is 0.700. The van der Waals surface area contributed by atoms with Crippen LogP contribution in [-0.4, -0.2) is 27.8 Å². The number of nitrogens with zero attached hydrogens (tertiary/aromatic N) is 4. The maximum Gasteiger partial charge on any atom is 0.0954 e. The number of halogens is 1. The van der Waals surface area contributed by atoms with Gasteiger partial charge in [-0.05, 0) is 86.6 Å². The molecule has 0 bridgehead atoms. The van der Waals surface area contributed by atoms with Gasteiger partial charge < -0.3 is 9.47 Å². The number of hydrogen-bond donors (Lipinski definition) is 0. The highest BCUT2D eigenvalue weighted by Crippen LogP contribution is 2.31. The summed E-state index contributed by atoms with van der Waals surface area (Å²) >= 11 is 6.27. The molecule has 0 N–H and O–H groups in total. The van der Waals surface area contributed by atoms with Crippen LogP contribution in [0.2, 0.25) is 5.02 Å². The lowest BCUT2D eigenvalue weighted by Gasteiger charge is -2.17. The molecule has 1 heterocycles. The molecule has 0 unspecified atom stereocenters. The van der Waals surface area contributed by atoms with E-state index in [2.05, 4.69) is 117 Å². The molecule has 42 heavy (non-hydrogen) atoms. The second kappa shape index (κ2) is 12.3. The van der Waals surface area contributed by atoms with Gasteiger partial charge in [0.05, 0.1) is 24.6 Å². The summed E-state index contributed by atoms with van der Waals surface area (Å²) in [6, 6.07) is 38.5. The van der Waals surface area contributed by atoms with E-state index in [1.54, 1.807) is 12.5 Å². The molecule has 0 saturated heterocycles. The molecule has 0 aliphatic heterocycles. The average molecular weight is 567 g/mol. The quantitative estimate of drug-likeness (QED) is 0.129. The second-order valence-electron chi connectivity index (χ2n) is 10.5. The van der Waals surface area contributed by atoms with E-state index < -0.39 is 0 Å². The predicted molar refractivity (Wildman–Crippen MR) is 177 cm³/mol. The standard InChI is InChI=1S/C37H31ClN4/c1-3-39-25-41(2)23-28-17-34(33-15-14-29-9-4-5-10-31(29)19-33)20-35(18-28)37-22-40-26-42(37)24-27-8-6-11-30(16-27)32-12-7-13-36(38)21-32/h3-22,25-26H,1,23-24H2,2H3. The molecule has 0 atom stereocenters. The molecule has 5 aromatic carbocycles. The lowest BCUT2D eigenvalue weighted by atomic mass is 9.96. The Hall–Kier alpha value is -4.93. The zero-order chi connectivity index (χ0) is 28.9. The molecule has 0 radical (unpaired) electrons. The van der Waals surface area contributed by atoms with Crippen molar-refractivity contribution in [2.75, 3.05) is 7.05 Å². The van der Waals surface area contributed by atoms with Crippen LogP contribution in [0.3, 0.4) is 0 Å². The Morgan fingerprint density at radius 3 is 2.33 bits per heavy atom. The van der Waals surface area contributed by atoms with Gasteiger partial charge >= 0.3 is 0 Å². The van der Waals surface area contributed by atoms with Crippen molar-refractivity contribution in [1.82, 2.24) is 14.5 Å². The summed E-state index contributed by atoms with van der Waals surface area (Å²) in [4.78, 5) is 10.8. The Morgan fingerprint density at radius 1 is 0.762 bits per heavy atom. The summed E-state index contributed by atoms with van der Waals surface area (Å²) in [5, 5.41) is 3.19. The van der Waals surface area contributed by atoms with Crippen molar-refractivity contribution in [1.29, 1.82) is 0 Å². The first-order valence-electron chi connectivity index (χ1n) is 13.9. The maximum atomic E-state index is 6.27. The Bertz CT molecular complexity index is 1900. The van der Waals surface area contributed by atoms with Crippen LogP contribution in [0.4, 0.5) is 0 Å². The predicted octanol–water partition coefficient (Wildman–Crippen LogP) is 9.34. The number of aliphatic imine (C=N–C) groups is 1. The van der Waals surface area contributed by atoms with E-state index in [9.17, 15) is 0 Å². The zero-order valence-electron chi connectivity index (χ0n) is 23.5. The fourth-order valence-electron chi connectivity index (χ4n) is 5.36. The summed E-state index contributed by atoms with van der Waals surface area (Å²) in [6.45, 7) is 5.11. The second-order valence-corrected chi connectivity index (χ2v) is 10.9. The normalized spacial score (nSPS) is 11.3. The molecule has 0 fully saturated rings. The molecule has 5 heteroatoms. The van der Waals surface area contributed by atoms with Gasteiger partial charge in [-0.15, -0.1) is 0 Å². The van der Waals surface area contributed by atoms with Gasteiger partial charge in [-0.3, -0.25) is 0 Å². The summed E-state index contributed by atoms with van der Waals surface area (Å²) in [5.41, 5.74) is 9.15. The van der Waals surface area contributed by atoms with Gasteiger partial charge in [0.1, 0.15) is 0 Å². The monoisotopic (exact) mass is 566 g/mol. The number of hydrogen-bond acceptors (Lipinski definition) is 2. The van der Waals surface area contributed by atoms with Crippen LogP contribution in [0.15, 0.2) is 139 Å². The summed E-state index contributed by atoms with van der Waals surface area (Å²) < 4.78 is 2.21. The number of benzene rings is 5. The van der Waals surface area contributed by atoms with Gasteiger partial charge in [0.25, 0.3) is 0 Å². The highest BCUT2D eigenvalue weighted by atomic mass is 35.5. The summed E-state index contributed by atoms with van der Waals surface area (Å²) in [5.74, 6) is 0. The van der Waals surface area contributed by atoms with Crippen LogP contribution in [0, 0.1) is 0 Å². The van der Waals surface area contributed by atoms with Crippen molar-refractivity contribution in [2.45, 2.75) is 13.1 Å². The average Bonchev–Trinajstić information content (AvgIpc) is 3.48. The van der Waals surface area contributed by atoms with Crippen LogP contribution >= 0.6 is 11.6 Å². The third kappa shape index (κ3) is 6.19. The maximum absolute atomic E-state index is 6.27. The van der Waals surface area contributed by atoms with E-state index in [-0.39, 0.29) is 0 Å². The molecule has 4 nitrogen and oxygen atoms in total. The minimum absolute atomic E-state index is 0.700. The molecule has 206 valence electrons. The van der Waals surface area contributed by atoms with Crippen LogP contribution in [0.25, 0.3) is 44.3 Å². The fourth-order valence-corrected chi connectivity index (χ4v) is 5.55. The van der Waals surface area contributed by atoms with E-state index in [0.717, 1.165) is 33.0 Å². The SMILES string of the molecule is C=CN=CN(C)Cc1cc(-c2ccc3ccccc3c2)cc(-c2cncn2Cc2cccc(-c3cccc(Cl)c3)c2)c1. The van der Waals surface area contributed by atoms with E-state index in [4.69, 9.17) is 11.6 Å². The third-order valence-electron chi connectivity index (χ3n) is 7.32. The van der Waals surface area contributed by atoms with E-state index in [1.807, 2.05) is 37.8 Å². The molecule has 0 spiro atoms. The molecule has 0 saturated carbocycles. The highest BCUT2D eigenvalue weighted by Gasteiger charge is 2.12. The Labute approximate surface area is 251 Å². The number of aromatic nitrogens is 2. The van der Waals surface area contributed by atoms with Crippen molar-refractivity contribution in [3.63, 3.8) is 0 Å². The molecule has 0 aliphatic carbocycles. The first kappa shape index (κ1) is 27.3. The summed E-state index contributed by atoms with van der Waals surface area (Å²) in [6.07, 6.45) is 7.21. The van der Waals surface area contributed by atoms with Gasteiger partial charge in [-0.25, -0.2) is 9.98 Å². The van der Waals surface area contributed by atoms with Crippen LogP contribution in [-0.2, 0) is 13.1 Å². The van der Waals surface area contributed by atoms with Gasteiger partial charge in [0, 0.05) is 36.9 Å². The zero-order valence-corrected chi connectivity index (χ0v) is 24.2. The van der Waals surface area contributed by atoms with Gasteiger partial charge in [-0.2, -0.15) is 0 Å². The number of fused-ring (bicyclic) bond motifs is 1. The van der Waals surface area contributed by atoms with E-state index in [0.29, 0.717) is 13.1 Å². The van der Waals surface area contributed by atoms with Crippen molar-refractivity contribution in [2.24, 2.45) is 4.99 Å². The van der Waals surface area contributed by atoms with Gasteiger partial charge in [-0.1, -0.05) is 84.9 Å². The van der Waals surface area contributed by atoms with Crippen molar-refractivity contribution < 1.29 is 0 Å². The Balaban J connectivity index is 1.38. The van der Waals surface area contributed by atoms with Gasteiger partial charge in [0.2, 0.25) is 0 Å². The minimum Gasteiger partial charge on any atom is -0.361 e. The molecular formula is C37H31ClN4. The summed E-state index contributed by atoms with van der Waals surface area (Å²) in [7, 11) is 2.02. The molecular weight excluding hydrogens is 536 g/mol. The number of imidazole rings is 1. The molecule has 0 aliphatic rings. The van der Waals surface area contributed by atoms with Crippen LogP contribution < -0.4 is 0 Å². The largest absolute Gasteiger partial charge is 0.361 e. The first-order chi connectivity index (χ1) is 20.6.